The lowest BCUT2D eigenvalue weighted by atomic mass is 9.95. The van der Waals surface area contributed by atoms with Crippen molar-refractivity contribution in [3.63, 3.8) is 0 Å². The van der Waals surface area contributed by atoms with Crippen LogP contribution in [0.2, 0.25) is 0 Å². The normalized spacial score (nSPS) is 12.7. The number of aryl methyl sites for hydroxylation is 4. The van der Waals surface area contributed by atoms with E-state index in [4.69, 9.17) is 4.74 Å². The summed E-state index contributed by atoms with van der Waals surface area (Å²) in [7, 11) is 0. The Kier molecular flexibility index (Phi) is 10.9. The Morgan fingerprint density at radius 1 is 0.907 bits per heavy atom. The molecule has 0 bridgehead atoms. The molecule has 0 fully saturated rings. The van der Waals surface area contributed by atoms with Gasteiger partial charge in [0.05, 0.1) is 6.61 Å². The standard InChI is InChI=1S/C34H43N3O6/c1-21-11-16-27(24(4)19-21)30(31(40)36-29-22(2)9-8-10-23(29)3)37(17-18-38)32(41)28(35-33(42)43-34(5,6)7)20-25-12-14-26(39)15-13-25/h8-16,19,28,30,38-39H,17-18,20H2,1-7H3,(H,35,42)(H,36,40). The van der Waals surface area contributed by atoms with Gasteiger partial charge < -0.3 is 30.5 Å². The molecule has 2 unspecified atom stereocenters. The van der Waals surface area contributed by atoms with E-state index in [1.807, 2.05) is 64.1 Å². The first kappa shape index (κ1) is 33.1. The van der Waals surface area contributed by atoms with Gasteiger partial charge in [-0.15, -0.1) is 0 Å². The highest BCUT2D eigenvalue weighted by Gasteiger charge is 2.37. The molecule has 2 atom stereocenters. The number of carbonyl (C=O) groups excluding carboxylic acids is 3. The largest absolute Gasteiger partial charge is 0.508 e. The van der Waals surface area contributed by atoms with Gasteiger partial charge in [-0.2, -0.15) is 0 Å². The van der Waals surface area contributed by atoms with Gasteiger partial charge in [0.2, 0.25) is 5.91 Å². The number of aromatic hydroxyl groups is 1. The number of para-hydroxylation sites is 1. The van der Waals surface area contributed by atoms with Crippen LogP contribution in [0.4, 0.5) is 10.5 Å². The maximum absolute atomic E-state index is 14.4. The number of carbonyl (C=O) groups is 3. The van der Waals surface area contributed by atoms with Gasteiger partial charge in [-0.3, -0.25) is 9.59 Å². The molecule has 0 aliphatic rings. The summed E-state index contributed by atoms with van der Waals surface area (Å²) < 4.78 is 5.46. The molecule has 3 aromatic carbocycles. The number of amides is 3. The zero-order valence-electron chi connectivity index (χ0n) is 26.0. The van der Waals surface area contributed by atoms with Gasteiger partial charge in [-0.1, -0.05) is 54.1 Å². The number of phenols is 1. The Morgan fingerprint density at radius 2 is 1.53 bits per heavy atom. The fraction of sp³-hybridized carbons (Fsp3) is 0.382. The maximum atomic E-state index is 14.4. The lowest BCUT2D eigenvalue weighted by molar-refractivity contribution is -0.141. The minimum Gasteiger partial charge on any atom is -0.508 e. The topological polar surface area (TPSA) is 128 Å². The van der Waals surface area contributed by atoms with E-state index in [0.717, 1.165) is 22.3 Å². The van der Waals surface area contributed by atoms with E-state index in [1.165, 1.54) is 17.0 Å². The first-order chi connectivity index (χ1) is 20.2. The number of anilines is 1. The second kappa shape index (κ2) is 14.2. The molecule has 0 heterocycles. The summed E-state index contributed by atoms with van der Waals surface area (Å²) in [4.78, 5) is 42.8. The molecular weight excluding hydrogens is 546 g/mol. The van der Waals surface area contributed by atoms with Crippen LogP contribution in [0, 0.1) is 27.7 Å². The number of nitrogens with zero attached hydrogens (tertiary/aromatic N) is 1. The average Bonchev–Trinajstić information content (AvgIpc) is 2.91. The molecule has 0 aromatic heterocycles. The number of ether oxygens (including phenoxy) is 1. The van der Waals surface area contributed by atoms with E-state index in [1.54, 1.807) is 32.9 Å². The van der Waals surface area contributed by atoms with E-state index < -0.39 is 42.2 Å². The molecule has 9 nitrogen and oxygen atoms in total. The number of phenolic OH excluding ortho intramolecular Hbond substituents is 1. The molecule has 0 radical (unpaired) electrons. The first-order valence-electron chi connectivity index (χ1n) is 14.3. The van der Waals surface area contributed by atoms with Crippen molar-refractivity contribution in [3.8, 4) is 5.75 Å². The smallest absolute Gasteiger partial charge is 0.408 e. The fourth-order valence-corrected chi connectivity index (χ4v) is 4.98. The van der Waals surface area contributed by atoms with Gasteiger partial charge in [0.25, 0.3) is 5.91 Å². The van der Waals surface area contributed by atoms with E-state index in [-0.39, 0.29) is 18.7 Å². The zero-order valence-corrected chi connectivity index (χ0v) is 26.0. The van der Waals surface area contributed by atoms with Crippen LogP contribution in [0.5, 0.6) is 5.75 Å². The van der Waals surface area contributed by atoms with E-state index >= 15 is 0 Å². The summed E-state index contributed by atoms with van der Waals surface area (Å²) in [6, 6.07) is 15.3. The monoisotopic (exact) mass is 589 g/mol. The fourth-order valence-electron chi connectivity index (χ4n) is 4.98. The van der Waals surface area contributed by atoms with Crippen molar-refractivity contribution in [2.75, 3.05) is 18.5 Å². The number of aliphatic hydroxyl groups excluding tert-OH is 1. The Labute approximate surface area is 253 Å². The van der Waals surface area contributed by atoms with E-state index in [0.29, 0.717) is 16.8 Å². The minimum atomic E-state index is -1.15. The van der Waals surface area contributed by atoms with Crippen molar-refractivity contribution in [2.24, 2.45) is 0 Å². The Bertz CT molecular complexity index is 1430. The van der Waals surface area contributed by atoms with Crippen LogP contribution in [0.1, 0.15) is 60.2 Å². The van der Waals surface area contributed by atoms with Crippen molar-refractivity contribution < 1.29 is 29.3 Å². The molecule has 0 aliphatic carbocycles. The highest BCUT2D eigenvalue weighted by molar-refractivity contribution is 6.00. The number of hydrogen-bond donors (Lipinski definition) is 4. The molecular formula is C34H43N3O6. The van der Waals surface area contributed by atoms with Crippen molar-refractivity contribution in [2.45, 2.75) is 72.6 Å². The summed E-state index contributed by atoms with van der Waals surface area (Å²) >= 11 is 0. The summed E-state index contributed by atoms with van der Waals surface area (Å²) in [6.07, 6.45) is -0.741. The van der Waals surface area contributed by atoms with E-state index in [9.17, 15) is 24.6 Å². The Hall–Kier alpha value is -4.37. The molecule has 4 N–H and O–H groups in total. The van der Waals surface area contributed by atoms with Crippen LogP contribution >= 0.6 is 0 Å². The van der Waals surface area contributed by atoms with Crippen LogP contribution in [-0.4, -0.2) is 57.8 Å². The van der Waals surface area contributed by atoms with Crippen LogP contribution in [0.3, 0.4) is 0 Å². The number of benzene rings is 3. The summed E-state index contributed by atoms with van der Waals surface area (Å²) in [6.45, 7) is 12.2. The maximum Gasteiger partial charge on any atom is 0.408 e. The third kappa shape index (κ3) is 9.06. The van der Waals surface area contributed by atoms with Gasteiger partial charge in [0, 0.05) is 18.7 Å². The zero-order chi connectivity index (χ0) is 31.9. The third-order valence-electron chi connectivity index (χ3n) is 7.00. The van der Waals surface area contributed by atoms with E-state index in [2.05, 4.69) is 10.6 Å². The molecule has 3 amide bonds. The van der Waals surface area contributed by atoms with Gasteiger partial charge in [0.1, 0.15) is 23.4 Å². The quantitative estimate of drug-likeness (QED) is 0.255. The second-order valence-corrected chi connectivity index (χ2v) is 11.8. The highest BCUT2D eigenvalue weighted by Crippen LogP contribution is 2.29. The lowest BCUT2D eigenvalue weighted by Gasteiger charge is -2.35. The molecule has 230 valence electrons. The third-order valence-corrected chi connectivity index (χ3v) is 7.00. The molecule has 0 saturated heterocycles. The minimum absolute atomic E-state index is 0.0540. The van der Waals surface area contributed by atoms with Crippen molar-refractivity contribution in [1.82, 2.24) is 10.2 Å². The van der Waals surface area contributed by atoms with Gasteiger partial charge in [-0.05, 0) is 88.4 Å². The molecule has 3 rings (SSSR count). The Morgan fingerprint density at radius 3 is 2.09 bits per heavy atom. The first-order valence-corrected chi connectivity index (χ1v) is 14.3. The number of nitrogens with one attached hydrogen (secondary N) is 2. The molecule has 3 aromatic rings. The van der Waals surface area contributed by atoms with Crippen LogP contribution in [-0.2, 0) is 20.7 Å². The lowest BCUT2D eigenvalue weighted by Crippen LogP contribution is -2.54. The molecule has 0 spiro atoms. The molecule has 0 aliphatic heterocycles. The van der Waals surface area contributed by atoms with Crippen molar-refractivity contribution in [1.29, 1.82) is 0 Å². The van der Waals surface area contributed by atoms with Crippen LogP contribution < -0.4 is 10.6 Å². The summed E-state index contributed by atoms with van der Waals surface area (Å²) in [5.74, 6) is -0.965. The average molecular weight is 590 g/mol. The van der Waals surface area contributed by atoms with Gasteiger partial charge >= 0.3 is 6.09 Å². The number of alkyl carbamates (subject to hydrolysis) is 1. The summed E-state index contributed by atoms with van der Waals surface area (Å²) in [5, 5.41) is 25.6. The SMILES string of the molecule is Cc1ccc(C(C(=O)Nc2c(C)cccc2C)N(CCO)C(=O)C(Cc2ccc(O)cc2)NC(=O)OC(C)(C)C)c(C)c1. The van der Waals surface area contributed by atoms with Crippen LogP contribution in [0.15, 0.2) is 60.7 Å². The van der Waals surface area contributed by atoms with Gasteiger partial charge in [-0.25, -0.2) is 4.79 Å². The molecule has 0 saturated carbocycles. The predicted molar refractivity (Wildman–Crippen MR) is 167 cm³/mol. The van der Waals surface area contributed by atoms with Crippen molar-refractivity contribution >= 4 is 23.6 Å². The summed E-state index contributed by atoms with van der Waals surface area (Å²) in [5.41, 5.74) is 4.62. The molecule has 9 heteroatoms. The number of rotatable bonds is 10. The molecule has 43 heavy (non-hydrogen) atoms. The second-order valence-electron chi connectivity index (χ2n) is 11.8. The predicted octanol–water partition coefficient (Wildman–Crippen LogP) is 5.26. The van der Waals surface area contributed by atoms with Crippen LogP contribution in [0.25, 0.3) is 0 Å². The Balaban J connectivity index is 2.10. The number of hydrogen-bond acceptors (Lipinski definition) is 6. The van der Waals surface area contributed by atoms with Crippen molar-refractivity contribution in [3.05, 3.63) is 94.0 Å². The van der Waals surface area contributed by atoms with Gasteiger partial charge in [0.15, 0.2) is 0 Å². The number of aliphatic hydroxyl groups is 1. The highest BCUT2D eigenvalue weighted by atomic mass is 16.6.